The summed E-state index contributed by atoms with van der Waals surface area (Å²) in [4.78, 5) is 12.8. The number of hydrogen-bond donors (Lipinski definition) is 4. The van der Waals surface area contributed by atoms with Gasteiger partial charge in [-0.2, -0.15) is 0 Å². The minimum Gasteiger partial charge on any atom is -0.480 e. The topological polar surface area (TPSA) is 141 Å². The standard InChI is InChI=1S/C7H11N3O5/c1-3(11)5(10-9)7(14)15-2-4(8)6(12)13/h3-4,11H,2,8H2,1H3,(H-,12,13,14)/p+1/b7-5-. The summed E-state index contributed by atoms with van der Waals surface area (Å²) < 4.78 is 4.50. The Labute approximate surface area is 85.2 Å². The van der Waals surface area contributed by atoms with Crippen LogP contribution in [-0.4, -0.2) is 40.0 Å². The van der Waals surface area contributed by atoms with E-state index in [1.807, 2.05) is 0 Å². The van der Waals surface area contributed by atoms with E-state index in [9.17, 15) is 4.79 Å². The summed E-state index contributed by atoms with van der Waals surface area (Å²) in [5.74, 6) is -2.17. The van der Waals surface area contributed by atoms with Crippen LogP contribution in [0.2, 0.25) is 0 Å². The second kappa shape index (κ2) is 5.79. The van der Waals surface area contributed by atoms with E-state index in [0.29, 0.717) is 0 Å². The van der Waals surface area contributed by atoms with Gasteiger partial charge in [0.15, 0.2) is 11.1 Å². The van der Waals surface area contributed by atoms with E-state index >= 15 is 0 Å². The van der Waals surface area contributed by atoms with Crippen molar-refractivity contribution >= 4 is 5.97 Å². The molecule has 0 aromatic heterocycles. The van der Waals surface area contributed by atoms with Crippen LogP contribution in [0.4, 0.5) is 0 Å². The van der Waals surface area contributed by atoms with E-state index in [1.54, 1.807) is 0 Å². The van der Waals surface area contributed by atoms with Gasteiger partial charge in [0.2, 0.25) is 5.39 Å². The Kier molecular flexibility index (Phi) is 5.08. The molecule has 2 unspecified atom stereocenters. The normalized spacial score (nSPS) is 15.9. The summed E-state index contributed by atoms with van der Waals surface area (Å²) in [7, 11) is 0. The molecule has 0 spiro atoms. The molecule has 0 amide bonds. The van der Waals surface area contributed by atoms with Gasteiger partial charge < -0.3 is 25.8 Å². The number of aliphatic carboxylic acids is 1. The molecule has 0 saturated heterocycles. The summed E-state index contributed by atoms with van der Waals surface area (Å²) >= 11 is 0. The number of rotatable bonds is 5. The Bertz CT molecular complexity index is 306. The largest absolute Gasteiger partial charge is 0.480 e. The third kappa shape index (κ3) is 4.26. The van der Waals surface area contributed by atoms with Gasteiger partial charge in [0.1, 0.15) is 12.6 Å². The molecule has 0 fully saturated rings. The van der Waals surface area contributed by atoms with Crippen LogP contribution in [0.3, 0.4) is 0 Å². The number of carboxylic acids is 1. The van der Waals surface area contributed by atoms with Crippen molar-refractivity contribution in [2.24, 2.45) is 5.73 Å². The molecular formula is C7H12N3O5+. The Balaban J connectivity index is 4.42. The molecule has 2 atom stereocenters. The number of nitrogens with zero attached hydrogens (tertiary/aromatic N) is 2. The first kappa shape index (κ1) is 13.2. The van der Waals surface area contributed by atoms with E-state index < -0.39 is 36.4 Å². The minimum atomic E-state index is -1.32. The summed E-state index contributed by atoms with van der Waals surface area (Å²) in [6.45, 7) is 0.721. The molecule has 0 heterocycles. The van der Waals surface area contributed by atoms with Crippen molar-refractivity contribution in [3.05, 3.63) is 16.6 Å². The Morgan fingerprint density at radius 2 is 2.13 bits per heavy atom. The number of aliphatic hydroxyl groups is 2. The Morgan fingerprint density at radius 3 is 2.47 bits per heavy atom. The number of ether oxygens (including phenoxy) is 1. The molecule has 0 rings (SSSR count). The lowest BCUT2D eigenvalue weighted by Crippen LogP contribution is -2.35. The fourth-order valence-electron chi connectivity index (χ4n) is 0.619. The predicted molar refractivity (Wildman–Crippen MR) is 48.0 cm³/mol. The molecule has 0 aliphatic heterocycles. The van der Waals surface area contributed by atoms with Gasteiger partial charge in [0, 0.05) is 0 Å². The Morgan fingerprint density at radius 1 is 1.60 bits per heavy atom. The fraction of sp³-hybridized carbons (Fsp3) is 0.571. The Hall–Kier alpha value is -1.85. The molecule has 8 heteroatoms. The zero-order valence-corrected chi connectivity index (χ0v) is 7.99. The van der Waals surface area contributed by atoms with Crippen molar-refractivity contribution in [1.82, 2.24) is 0 Å². The molecular weight excluding hydrogens is 206 g/mol. The van der Waals surface area contributed by atoms with Gasteiger partial charge in [-0.25, -0.2) is 0 Å². The highest BCUT2D eigenvalue weighted by molar-refractivity contribution is 5.73. The number of hydrogen-bond acceptors (Lipinski definition) is 6. The first-order valence-corrected chi connectivity index (χ1v) is 3.97. The van der Waals surface area contributed by atoms with Crippen LogP contribution >= 0.6 is 0 Å². The van der Waals surface area contributed by atoms with E-state index in [0.717, 1.165) is 0 Å². The zero-order valence-electron chi connectivity index (χ0n) is 7.99. The van der Waals surface area contributed by atoms with Crippen molar-refractivity contribution in [3.8, 4) is 0 Å². The predicted octanol–water partition coefficient (Wildman–Crippen LogP) is -0.624. The molecule has 0 aromatic rings. The SMILES string of the molecule is CC(O)/C([N+]#N)=C(\O)OCC(N)C(=O)O. The maximum Gasteiger partial charge on any atom is 0.468 e. The molecule has 0 aliphatic rings. The van der Waals surface area contributed by atoms with Gasteiger partial charge in [-0.15, -0.1) is 0 Å². The maximum absolute atomic E-state index is 10.3. The highest BCUT2D eigenvalue weighted by Crippen LogP contribution is 2.09. The van der Waals surface area contributed by atoms with Crippen LogP contribution in [-0.2, 0) is 9.53 Å². The number of carbonyl (C=O) groups is 1. The van der Waals surface area contributed by atoms with Crippen molar-refractivity contribution in [2.45, 2.75) is 19.1 Å². The summed E-state index contributed by atoms with van der Waals surface area (Å²) in [5, 5.41) is 34.8. The summed E-state index contributed by atoms with van der Waals surface area (Å²) in [6.07, 6.45) is -1.25. The van der Waals surface area contributed by atoms with Crippen LogP contribution in [0.5, 0.6) is 0 Å². The number of carboxylic acid groups (broad SMARTS) is 1. The second-order valence-electron chi connectivity index (χ2n) is 2.72. The molecule has 84 valence electrons. The van der Waals surface area contributed by atoms with Gasteiger partial charge in [-0.3, -0.25) is 4.79 Å². The first-order valence-electron chi connectivity index (χ1n) is 3.97. The van der Waals surface area contributed by atoms with Crippen molar-refractivity contribution in [3.63, 3.8) is 0 Å². The van der Waals surface area contributed by atoms with Crippen LogP contribution in [0.15, 0.2) is 11.6 Å². The average Bonchev–Trinajstić information content (AvgIpc) is 2.14. The number of diazo groups is 1. The molecule has 15 heavy (non-hydrogen) atoms. The molecule has 0 saturated carbocycles. The van der Waals surface area contributed by atoms with E-state index in [2.05, 4.69) is 9.71 Å². The lowest BCUT2D eigenvalue weighted by atomic mass is 10.3. The quantitative estimate of drug-likeness (QED) is 0.355. The molecule has 0 aliphatic carbocycles. The van der Waals surface area contributed by atoms with Crippen molar-refractivity contribution in [1.29, 1.82) is 5.39 Å². The van der Waals surface area contributed by atoms with Gasteiger partial charge in [-0.05, 0) is 6.92 Å². The van der Waals surface area contributed by atoms with Gasteiger partial charge in [0.25, 0.3) is 0 Å². The monoisotopic (exact) mass is 218 g/mol. The highest BCUT2D eigenvalue weighted by Gasteiger charge is 2.27. The molecule has 8 nitrogen and oxygen atoms in total. The van der Waals surface area contributed by atoms with Crippen LogP contribution in [0.25, 0.3) is 4.98 Å². The van der Waals surface area contributed by atoms with Gasteiger partial charge >= 0.3 is 17.6 Å². The van der Waals surface area contributed by atoms with Gasteiger partial charge in [-0.1, -0.05) is 0 Å². The summed E-state index contributed by atoms with van der Waals surface area (Å²) in [5.41, 5.74) is 4.56. The zero-order chi connectivity index (χ0) is 12.0. The molecule has 0 bridgehead atoms. The third-order valence-corrected chi connectivity index (χ3v) is 1.44. The lowest BCUT2D eigenvalue weighted by Gasteiger charge is -2.06. The lowest BCUT2D eigenvalue weighted by molar-refractivity contribution is -0.139. The van der Waals surface area contributed by atoms with Crippen molar-refractivity contribution < 1.29 is 24.9 Å². The van der Waals surface area contributed by atoms with E-state index in [1.165, 1.54) is 6.92 Å². The number of aliphatic hydroxyl groups excluding tert-OH is 2. The second-order valence-corrected chi connectivity index (χ2v) is 2.72. The fourth-order valence-corrected chi connectivity index (χ4v) is 0.619. The first-order chi connectivity index (χ1) is 6.90. The minimum absolute atomic E-state index is 0.507. The molecule has 5 N–H and O–H groups in total. The molecule has 0 radical (unpaired) electrons. The average molecular weight is 218 g/mol. The van der Waals surface area contributed by atoms with Gasteiger partial charge in [0.05, 0.1) is 0 Å². The van der Waals surface area contributed by atoms with E-state index in [-0.39, 0.29) is 0 Å². The third-order valence-electron chi connectivity index (χ3n) is 1.44. The van der Waals surface area contributed by atoms with Crippen molar-refractivity contribution in [2.75, 3.05) is 6.61 Å². The van der Waals surface area contributed by atoms with Crippen LogP contribution < -0.4 is 5.73 Å². The molecule has 0 aromatic carbocycles. The number of nitrogens with two attached hydrogens (primary N) is 1. The van der Waals surface area contributed by atoms with Crippen LogP contribution in [0.1, 0.15) is 6.92 Å². The smallest absolute Gasteiger partial charge is 0.468 e. The maximum atomic E-state index is 10.3. The summed E-state index contributed by atoms with van der Waals surface area (Å²) in [6, 6.07) is -1.32. The van der Waals surface area contributed by atoms with Crippen LogP contribution in [0, 0.1) is 5.39 Å². The highest BCUT2D eigenvalue weighted by atomic mass is 16.6. The van der Waals surface area contributed by atoms with E-state index in [4.69, 9.17) is 26.4 Å².